The smallest absolute Gasteiger partial charge is 0.418 e. The molecular weight excluding hydrogens is 687 g/mol. The van der Waals surface area contributed by atoms with Crippen LogP contribution < -0.4 is 21.9 Å². The minimum absolute atomic E-state index is 0. The Morgan fingerprint density at radius 1 is 1.21 bits per heavy atom. The second kappa shape index (κ2) is 16.1. The predicted octanol–water partition coefficient (Wildman–Crippen LogP) is 2.24. The van der Waals surface area contributed by atoms with Gasteiger partial charge in [-0.1, -0.05) is 25.1 Å². The van der Waals surface area contributed by atoms with Gasteiger partial charge in [0.25, 0.3) is 6.33 Å². The predicted molar refractivity (Wildman–Crippen MR) is 170 cm³/mol. The Balaban J connectivity index is 0.00000312. The topological polar surface area (TPSA) is 141 Å². The van der Waals surface area contributed by atoms with Crippen molar-refractivity contribution in [2.45, 2.75) is 44.7 Å². The molecule has 0 saturated heterocycles. The van der Waals surface area contributed by atoms with Crippen LogP contribution in [0.1, 0.15) is 47.7 Å². The normalized spacial score (nSPS) is 13.2. The lowest BCUT2D eigenvalue weighted by Crippen LogP contribution is -3.00. The van der Waals surface area contributed by atoms with E-state index in [0.717, 1.165) is 23.8 Å². The summed E-state index contributed by atoms with van der Waals surface area (Å²) in [6, 6.07) is 15.1. The Bertz CT molecular complexity index is 1900. The van der Waals surface area contributed by atoms with Crippen molar-refractivity contribution in [1.29, 1.82) is 5.26 Å². The van der Waals surface area contributed by atoms with E-state index >= 15 is 4.39 Å². The molecule has 0 bridgehead atoms. The van der Waals surface area contributed by atoms with Gasteiger partial charge in [-0.3, -0.25) is 4.90 Å². The van der Waals surface area contributed by atoms with Crippen LogP contribution in [0.4, 0.5) is 19.4 Å². The third kappa shape index (κ3) is 7.95. The number of nitrogens with zero attached hydrogens (tertiary/aromatic N) is 7. The third-order valence-corrected chi connectivity index (χ3v) is 8.66. The van der Waals surface area contributed by atoms with Gasteiger partial charge in [-0.2, -0.15) is 9.83 Å². The van der Waals surface area contributed by atoms with E-state index in [1.807, 2.05) is 0 Å². The minimum Gasteiger partial charge on any atom is -1.00 e. The van der Waals surface area contributed by atoms with Crippen LogP contribution in [0.2, 0.25) is 0 Å². The number of thiazole rings is 1. The number of hydrogen-bond donors (Lipinski definition) is 2. The number of nitriles is 1. The molecule has 11 nitrogen and oxygen atoms in total. The Morgan fingerprint density at radius 2 is 1.94 bits per heavy atom. The van der Waals surface area contributed by atoms with Crippen LogP contribution in [0.5, 0.6) is 0 Å². The van der Waals surface area contributed by atoms with Gasteiger partial charge >= 0.3 is 6.09 Å². The van der Waals surface area contributed by atoms with Crippen LogP contribution >= 0.6 is 23.7 Å². The molecule has 3 aromatic heterocycles. The lowest BCUT2D eigenvalue weighted by Gasteiger charge is -2.32. The number of rotatable bonds is 10. The van der Waals surface area contributed by atoms with Crippen LogP contribution in [0.15, 0.2) is 78.8 Å². The lowest BCUT2D eigenvalue weighted by atomic mass is 9.82. The van der Waals surface area contributed by atoms with E-state index in [1.54, 1.807) is 55.6 Å². The number of carbonyl (C=O) groups is 1. The van der Waals surface area contributed by atoms with Gasteiger partial charge in [-0.05, 0) is 36.4 Å². The Morgan fingerprint density at radius 3 is 2.62 bits per heavy atom. The van der Waals surface area contributed by atoms with Gasteiger partial charge in [0, 0.05) is 53.3 Å². The van der Waals surface area contributed by atoms with Gasteiger partial charge in [0.05, 0.1) is 28.9 Å². The van der Waals surface area contributed by atoms with E-state index in [9.17, 15) is 19.4 Å². The average molecular weight is 719 g/mol. The Kier molecular flexibility index (Phi) is 12.7. The molecule has 48 heavy (non-hydrogen) atoms. The van der Waals surface area contributed by atoms with Crippen molar-refractivity contribution in [2.24, 2.45) is 0 Å². The molecule has 0 fully saturated rings. The molecule has 0 aliphatic heterocycles. The molecule has 0 radical (unpaired) electrons. The summed E-state index contributed by atoms with van der Waals surface area (Å²) >= 11 is 1.25. The fourth-order valence-electron chi connectivity index (χ4n) is 4.91. The van der Waals surface area contributed by atoms with Crippen LogP contribution in [0, 0.1) is 23.0 Å². The summed E-state index contributed by atoms with van der Waals surface area (Å²) in [5.74, 6) is -2.12. The number of halogens is 4. The van der Waals surface area contributed by atoms with Crippen molar-refractivity contribution in [1.82, 2.24) is 19.7 Å². The number of ether oxygens (including phenoxy) is 1. The van der Waals surface area contributed by atoms with Crippen molar-refractivity contribution in [3.05, 3.63) is 112 Å². The molecular formula is C32H31Cl2F2N7O4S. The quantitative estimate of drug-likeness (QED) is 0.210. The van der Waals surface area contributed by atoms with Crippen molar-refractivity contribution in [3.8, 4) is 17.3 Å². The lowest BCUT2D eigenvalue weighted by molar-refractivity contribution is -0.753. The summed E-state index contributed by atoms with van der Waals surface area (Å²) in [6.07, 6.45) is 2.72. The van der Waals surface area contributed by atoms with E-state index in [2.05, 4.69) is 21.1 Å². The highest BCUT2D eigenvalue weighted by Gasteiger charge is 2.43. The first-order valence-corrected chi connectivity index (χ1v) is 15.0. The van der Waals surface area contributed by atoms with Gasteiger partial charge in [-0.15, -0.1) is 28.4 Å². The molecule has 2 N–H and O–H groups in total. The number of carbonyl (C=O) groups excluding carboxylic acids is 1. The minimum atomic E-state index is -2.02. The summed E-state index contributed by atoms with van der Waals surface area (Å²) in [4.78, 5) is 22.9. The molecule has 5 aromatic rings. The third-order valence-electron chi connectivity index (χ3n) is 7.64. The average Bonchev–Trinajstić information content (AvgIpc) is 3.75. The van der Waals surface area contributed by atoms with Gasteiger partial charge in [0.1, 0.15) is 29.6 Å². The molecule has 3 heterocycles. The fourth-order valence-corrected chi connectivity index (χ4v) is 5.88. The van der Waals surface area contributed by atoms with E-state index in [0.29, 0.717) is 21.8 Å². The molecule has 5 rings (SSSR count). The first-order valence-electron chi connectivity index (χ1n) is 14.1. The maximum atomic E-state index is 15.2. The summed E-state index contributed by atoms with van der Waals surface area (Å²) in [7, 11) is 1.46. The number of benzene rings is 2. The molecule has 1 amide bonds. The van der Waals surface area contributed by atoms with Crippen molar-refractivity contribution >= 4 is 35.7 Å². The second-order valence-corrected chi connectivity index (χ2v) is 11.5. The number of aromatic nitrogens is 5. The maximum Gasteiger partial charge on any atom is 0.418 e. The highest BCUT2D eigenvalue weighted by Crippen LogP contribution is 2.41. The van der Waals surface area contributed by atoms with Crippen molar-refractivity contribution in [3.63, 3.8) is 0 Å². The van der Waals surface area contributed by atoms with Gasteiger partial charge < -0.3 is 27.4 Å². The van der Waals surface area contributed by atoms with Crippen LogP contribution in [-0.2, 0) is 23.5 Å². The number of amides is 1. The molecule has 252 valence electrons. The standard InChI is InChI=1S/C32H30F2N7O4S.2ClH/c1-20(30-38-28(16-46-30)23-8-6-22(14-35)7-9-23)32(44,26-13-25(33)10-11-27(26)34)17-41-19-40(18-37-41)21(2)45-31(43)39(3)29-24(15-42)5-4-12-36-29;;/h4-13,16,18-21,42,44H,15,17H2,1-3H3;2*1H/q+1;;/p-1/t20-,21?,32+;;/m0../s1. The van der Waals surface area contributed by atoms with Crippen molar-refractivity contribution in [2.75, 3.05) is 11.9 Å². The number of anilines is 1. The zero-order valence-corrected chi connectivity index (χ0v) is 28.3. The molecule has 2 aromatic carbocycles. The van der Waals surface area contributed by atoms with E-state index in [1.165, 1.54) is 51.4 Å². The number of aliphatic hydroxyl groups excluding tert-OH is 1. The Hall–Kier alpha value is -4.52. The highest BCUT2D eigenvalue weighted by molar-refractivity contribution is 7.10. The first-order chi connectivity index (χ1) is 22.0. The fraction of sp³-hybridized carbons (Fsp3) is 0.250. The monoisotopic (exact) mass is 717 g/mol. The molecule has 16 heteroatoms. The molecule has 0 saturated carbocycles. The Labute approximate surface area is 291 Å². The number of hydrogen-bond acceptors (Lipinski definition) is 9. The highest BCUT2D eigenvalue weighted by atomic mass is 35.5. The SMILES string of the molecule is CC(OC(=O)N(C)c1ncccc1CO)[n+]1cnn(C[C@](O)(c2cc(F)ccc2F)[C@@H](C)c2nc(-c3ccc(C#N)cc3)cs2)c1.Cl.[Cl-]. The molecule has 1 unspecified atom stereocenters. The zero-order chi connectivity index (χ0) is 33.0. The maximum absolute atomic E-state index is 15.2. The summed E-state index contributed by atoms with van der Waals surface area (Å²) in [6.45, 7) is 2.65. The largest absolute Gasteiger partial charge is 1.00 e. The van der Waals surface area contributed by atoms with E-state index in [4.69, 9.17) is 10.00 Å². The van der Waals surface area contributed by atoms with Crippen molar-refractivity contribution < 1.29 is 45.5 Å². The summed E-state index contributed by atoms with van der Waals surface area (Å²) in [5.41, 5.74) is 0.0148. The first kappa shape index (κ1) is 37.9. The molecule has 0 aliphatic rings. The molecule has 0 spiro atoms. The van der Waals surface area contributed by atoms with E-state index in [-0.39, 0.29) is 49.3 Å². The van der Waals surface area contributed by atoms with Crippen LogP contribution in [0.25, 0.3) is 11.3 Å². The van der Waals surface area contributed by atoms with Crippen LogP contribution in [0.3, 0.4) is 0 Å². The van der Waals surface area contributed by atoms with Crippen LogP contribution in [-0.4, -0.2) is 43.1 Å². The van der Waals surface area contributed by atoms with Gasteiger partial charge in [0.15, 0.2) is 0 Å². The second-order valence-electron chi connectivity index (χ2n) is 10.6. The van der Waals surface area contributed by atoms with Gasteiger partial charge in [0.2, 0.25) is 12.6 Å². The summed E-state index contributed by atoms with van der Waals surface area (Å²) in [5, 5.41) is 37.4. The van der Waals surface area contributed by atoms with Gasteiger partial charge in [-0.25, -0.2) is 23.5 Å². The number of pyridine rings is 1. The zero-order valence-electron chi connectivity index (χ0n) is 25.9. The van der Waals surface area contributed by atoms with E-state index < -0.39 is 35.5 Å². The molecule has 0 aliphatic carbocycles. The summed E-state index contributed by atoms with van der Waals surface area (Å²) < 4.78 is 38.0. The molecule has 3 atom stereocenters. The number of aliphatic hydroxyl groups is 2.